The standard InChI is InChI=1S/C9H21NO2/c1-4-12-7-9(3)10-8(2)5-6-11/h8-11H,4-7H2,1-3H3/t8-,9?/m1/s1. The molecule has 0 radical (unpaired) electrons. The van der Waals surface area contributed by atoms with Crippen molar-refractivity contribution in [3.05, 3.63) is 0 Å². The lowest BCUT2D eigenvalue weighted by Crippen LogP contribution is -2.37. The molecule has 0 amide bonds. The molecule has 1 unspecified atom stereocenters. The lowest BCUT2D eigenvalue weighted by molar-refractivity contribution is 0.122. The molecule has 0 aromatic rings. The third-order valence-corrected chi connectivity index (χ3v) is 1.70. The van der Waals surface area contributed by atoms with Gasteiger partial charge in [-0.2, -0.15) is 0 Å². The Balaban J connectivity index is 3.33. The van der Waals surface area contributed by atoms with Gasteiger partial charge in [-0.1, -0.05) is 0 Å². The van der Waals surface area contributed by atoms with Crippen LogP contribution in [0.4, 0.5) is 0 Å². The highest BCUT2D eigenvalue weighted by Gasteiger charge is 2.05. The number of ether oxygens (including phenoxy) is 1. The molecular formula is C9H21NO2. The van der Waals surface area contributed by atoms with E-state index in [1.165, 1.54) is 0 Å². The number of hydrogen-bond donors (Lipinski definition) is 2. The molecule has 0 saturated heterocycles. The maximum atomic E-state index is 8.65. The van der Waals surface area contributed by atoms with Gasteiger partial charge in [0.2, 0.25) is 0 Å². The Bertz CT molecular complexity index is 98.5. The van der Waals surface area contributed by atoms with Crippen LogP contribution in [0.3, 0.4) is 0 Å². The first-order valence-corrected chi connectivity index (χ1v) is 4.65. The van der Waals surface area contributed by atoms with Gasteiger partial charge in [0.05, 0.1) is 6.61 Å². The predicted octanol–water partition coefficient (Wildman–Crippen LogP) is 0.772. The van der Waals surface area contributed by atoms with Crippen molar-refractivity contribution in [3.8, 4) is 0 Å². The van der Waals surface area contributed by atoms with E-state index in [-0.39, 0.29) is 6.61 Å². The van der Waals surface area contributed by atoms with Gasteiger partial charge in [0.15, 0.2) is 0 Å². The highest BCUT2D eigenvalue weighted by atomic mass is 16.5. The summed E-state index contributed by atoms with van der Waals surface area (Å²) in [5.74, 6) is 0. The first-order valence-electron chi connectivity index (χ1n) is 4.65. The Morgan fingerprint density at radius 1 is 1.33 bits per heavy atom. The van der Waals surface area contributed by atoms with E-state index in [2.05, 4.69) is 19.2 Å². The molecule has 0 aliphatic rings. The Hall–Kier alpha value is -0.120. The second kappa shape index (κ2) is 7.53. The summed E-state index contributed by atoms with van der Waals surface area (Å²) in [4.78, 5) is 0. The van der Waals surface area contributed by atoms with Gasteiger partial charge in [-0.15, -0.1) is 0 Å². The summed E-state index contributed by atoms with van der Waals surface area (Å²) in [6.45, 7) is 7.90. The van der Waals surface area contributed by atoms with E-state index in [0.29, 0.717) is 12.1 Å². The topological polar surface area (TPSA) is 41.5 Å². The monoisotopic (exact) mass is 175 g/mol. The minimum atomic E-state index is 0.246. The van der Waals surface area contributed by atoms with Crippen molar-refractivity contribution in [3.63, 3.8) is 0 Å². The molecule has 0 spiro atoms. The van der Waals surface area contributed by atoms with Crippen LogP contribution in [0.5, 0.6) is 0 Å². The van der Waals surface area contributed by atoms with E-state index in [9.17, 15) is 0 Å². The Morgan fingerprint density at radius 3 is 2.50 bits per heavy atom. The van der Waals surface area contributed by atoms with Crippen molar-refractivity contribution < 1.29 is 9.84 Å². The fourth-order valence-electron chi connectivity index (χ4n) is 1.11. The average molecular weight is 175 g/mol. The molecule has 0 heterocycles. The summed E-state index contributed by atoms with van der Waals surface area (Å²) in [6.07, 6.45) is 0.802. The molecule has 0 aromatic carbocycles. The normalized spacial score (nSPS) is 16.0. The minimum absolute atomic E-state index is 0.246. The van der Waals surface area contributed by atoms with Crippen molar-refractivity contribution in [2.75, 3.05) is 19.8 Å². The Morgan fingerprint density at radius 2 is 2.00 bits per heavy atom. The zero-order valence-corrected chi connectivity index (χ0v) is 8.34. The fourth-order valence-corrected chi connectivity index (χ4v) is 1.11. The van der Waals surface area contributed by atoms with E-state index in [1.807, 2.05) is 6.92 Å². The van der Waals surface area contributed by atoms with Crippen LogP contribution in [-0.4, -0.2) is 37.0 Å². The van der Waals surface area contributed by atoms with Crippen LogP contribution < -0.4 is 5.32 Å². The van der Waals surface area contributed by atoms with Gasteiger partial charge in [0.25, 0.3) is 0 Å². The second-order valence-electron chi connectivity index (χ2n) is 3.14. The maximum Gasteiger partial charge on any atom is 0.0616 e. The smallest absolute Gasteiger partial charge is 0.0616 e. The van der Waals surface area contributed by atoms with E-state index < -0.39 is 0 Å². The molecule has 0 aliphatic heterocycles. The average Bonchev–Trinajstić information content (AvgIpc) is 2.01. The minimum Gasteiger partial charge on any atom is -0.396 e. The molecule has 3 nitrogen and oxygen atoms in total. The summed E-state index contributed by atoms with van der Waals surface area (Å²) in [7, 11) is 0. The third-order valence-electron chi connectivity index (χ3n) is 1.70. The predicted molar refractivity (Wildman–Crippen MR) is 50.3 cm³/mol. The molecule has 0 rings (SSSR count). The summed E-state index contributed by atoms with van der Waals surface area (Å²) >= 11 is 0. The molecule has 3 heteroatoms. The molecule has 0 bridgehead atoms. The lowest BCUT2D eigenvalue weighted by Gasteiger charge is -2.18. The van der Waals surface area contributed by atoms with Crippen molar-refractivity contribution in [2.24, 2.45) is 0 Å². The fraction of sp³-hybridized carbons (Fsp3) is 1.00. The van der Waals surface area contributed by atoms with Gasteiger partial charge in [-0.3, -0.25) is 0 Å². The number of nitrogens with one attached hydrogen (secondary N) is 1. The largest absolute Gasteiger partial charge is 0.396 e. The molecule has 0 saturated carbocycles. The first kappa shape index (κ1) is 11.9. The molecule has 0 aromatic heterocycles. The molecule has 12 heavy (non-hydrogen) atoms. The van der Waals surface area contributed by atoms with Crippen molar-refractivity contribution >= 4 is 0 Å². The maximum absolute atomic E-state index is 8.65. The van der Waals surface area contributed by atoms with Gasteiger partial charge < -0.3 is 15.2 Å². The van der Waals surface area contributed by atoms with Crippen LogP contribution in [0.15, 0.2) is 0 Å². The highest BCUT2D eigenvalue weighted by Crippen LogP contribution is 1.92. The molecule has 0 fully saturated rings. The summed E-state index contributed by atoms with van der Waals surface area (Å²) in [6, 6.07) is 0.733. The van der Waals surface area contributed by atoms with Crippen molar-refractivity contribution in [1.82, 2.24) is 5.32 Å². The van der Waals surface area contributed by atoms with Crippen LogP contribution in [0.1, 0.15) is 27.2 Å². The number of aliphatic hydroxyl groups excluding tert-OH is 1. The third kappa shape index (κ3) is 6.58. The van der Waals surface area contributed by atoms with Gasteiger partial charge >= 0.3 is 0 Å². The van der Waals surface area contributed by atoms with E-state index in [1.54, 1.807) is 0 Å². The number of hydrogen-bond acceptors (Lipinski definition) is 3. The first-order chi connectivity index (χ1) is 5.70. The Kier molecular flexibility index (Phi) is 7.45. The quantitative estimate of drug-likeness (QED) is 0.600. The summed E-state index contributed by atoms with van der Waals surface area (Å²) < 4.78 is 5.25. The lowest BCUT2D eigenvalue weighted by atomic mass is 10.2. The van der Waals surface area contributed by atoms with Crippen molar-refractivity contribution in [2.45, 2.75) is 39.3 Å². The van der Waals surface area contributed by atoms with Crippen LogP contribution in [0, 0.1) is 0 Å². The SMILES string of the molecule is CCOCC(C)N[C@H](C)CCO. The number of aliphatic hydroxyl groups is 1. The molecule has 2 N–H and O–H groups in total. The molecule has 0 aliphatic carbocycles. The molecular weight excluding hydrogens is 154 g/mol. The van der Waals surface area contributed by atoms with Gasteiger partial charge in [0.1, 0.15) is 0 Å². The van der Waals surface area contributed by atoms with Gasteiger partial charge in [0, 0.05) is 25.3 Å². The van der Waals surface area contributed by atoms with E-state index in [4.69, 9.17) is 9.84 Å². The second-order valence-corrected chi connectivity index (χ2v) is 3.14. The highest BCUT2D eigenvalue weighted by molar-refractivity contribution is 4.66. The van der Waals surface area contributed by atoms with E-state index in [0.717, 1.165) is 19.6 Å². The molecule has 2 atom stereocenters. The van der Waals surface area contributed by atoms with Crippen LogP contribution in [-0.2, 0) is 4.74 Å². The number of rotatable bonds is 7. The zero-order valence-electron chi connectivity index (χ0n) is 8.34. The molecule has 74 valence electrons. The van der Waals surface area contributed by atoms with Crippen LogP contribution >= 0.6 is 0 Å². The van der Waals surface area contributed by atoms with E-state index >= 15 is 0 Å². The van der Waals surface area contributed by atoms with Crippen LogP contribution in [0.2, 0.25) is 0 Å². The Labute approximate surface area is 75.1 Å². The van der Waals surface area contributed by atoms with Crippen molar-refractivity contribution in [1.29, 1.82) is 0 Å². The summed E-state index contributed by atoms with van der Waals surface area (Å²) in [5, 5.41) is 12.0. The van der Waals surface area contributed by atoms with Gasteiger partial charge in [-0.05, 0) is 27.2 Å². The zero-order chi connectivity index (χ0) is 9.40. The van der Waals surface area contributed by atoms with Crippen LogP contribution in [0.25, 0.3) is 0 Å². The summed E-state index contributed by atoms with van der Waals surface area (Å²) in [5.41, 5.74) is 0. The van der Waals surface area contributed by atoms with Gasteiger partial charge in [-0.25, -0.2) is 0 Å².